The van der Waals surface area contributed by atoms with Crippen molar-refractivity contribution >= 4 is 22.9 Å². The number of amides is 1. The van der Waals surface area contributed by atoms with Crippen LogP contribution in [0.4, 0.5) is 5.95 Å². The molecule has 2 aromatic rings. The summed E-state index contributed by atoms with van der Waals surface area (Å²) in [4.78, 5) is 23.2. The highest BCUT2D eigenvalue weighted by molar-refractivity contribution is 5.80. The standard InChI is InChI=1S/C22H32N4O/c1-14-7-8-19-20(13-14)25-22(24-19)26-11-9-17(10-12-26)21(27)23-18-6-4-5-15(2)16(18)3/h7-8,13,15-18H,4-6,9-12H2,1-3H3,(H,23,27)(H,24,25)/t15-,16+,18+/m0/s1. The summed E-state index contributed by atoms with van der Waals surface area (Å²) in [7, 11) is 0. The van der Waals surface area contributed by atoms with E-state index in [1.807, 2.05) is 0 Å². The number of carbonyl (C=O) groups excluding carboxylic acids is 1. The molecule has 1 aliphatic heterocycles. The molecule has 1 aromatic carbocycles. The third-order valence-electron chi connectivity index (χ3n) is 6.82. The Morgan fingerprint density at radius 3 is 2.74 bits per heavy atom. The Morgan fingerprint density at radius 1 is 1.19 bits per heavy atom. The molecule has 0 bridgehead atoms. The van der Waals surface area contributed by atoms with E-state index in [2.05, 4.69) is 54.2 Å². The highest BCUT2D eigenvalue weighted by atomic mass is 16.2. The van der Waals surface area contributed by atoms with E-state index in [4.69, 9.17) is 4.98 Å². The summed E-state index contributed by atoms with van der Waals surface area (Å²) in [6, 6.07) is 6.66. The molecule has 0 spiro atoms. The fourth-order valence-electron chi connectivity index (χ4n) is 4.70. The number of hydrogen-bond donors (Lipinski definition) is 2. The zero-order chi connectivity index (χ0) is 19.0. The van der Waals surface area contributed by atoms with Crippen LogP contribution in [0.3, 0.4) is 0 Å². The number of rotatable bonds is 3. The maximum Gasteiger partial charge on any atom is 0.223 e. The maximum absolute atomic E-state index is 12.8. The average molecular weight is 369 g/mol. The molecule has 0 unspecified atom stereocenters. The fraction of sp³-hybridized carbons (Fsp3) is 0.636. The van der Waals surface area contributed by atoms with Gasteiger partial charge in [-0.2, -0.15) is 0 Å². The lowest BCUT2D eigenvalue weighted by atomic mass is 9.78. The first-order chi connectivity index (χ1) is 13.0. The first-order valence-electron chi connectivity index (χ1n) is 10.5. The number of nitrogens with zero attached hydrogens (tertiary/aromatic N) is 2. The molecular formula is C22H32N4O. The minimum absolute atomic E-state index is 0.136. The van der Waals surface area contributed by atoms with Gasteiger partial charge in [-0.1, -0.05) is 32.8 Å². The van der Waals surface area contributed by atoms with Crippen molar-refractivity contribution in [2.45, 2.75) is 58.9 Å². The topological polar surface area (TPSA) is 61.0 Å². The van der Waals surface area contributed by atoms with Crippen LogP contribution < -0.4 is 10.2 Å². The van der Waals surface area contributed by atoms with Crippen LogP contribution in [-0.4, -0.2) is 35.0 Å². The first kappa shape index (κ1) is 18.3. The van der Waals surface area contributed by atoms with Gasteiger partial charge >= 0.3 is 0 Å². The molecule has 0 radical (unpaired) electrons. The summed E-state index contributed by atoms with van der Waals surface area (Å²) in [6.07, 6.45) is 5.47. The van der Waals surface area contributed by atoms with Gasteiger partial charge in [0, 0.05) is 25.0 Å². The van der Waals surface area contributed by atoms with Gasteiger partial charge in [0.1, 0.15) is 0 Å². The molecule has 1 saturated carbocycles. The molecule has 4 rings (SSSR count). The molecule has 1 aliphatic carbocycles. The Morgan fingerprint density at radius 2 is 1.96 bits per heavy atom. The van der Waals surface area contributed by atoms with Crippen LogP contribution in [0.2, 0.25) is 0 Å². The Labute approximate surface area is 161 Å². The zero-order valence-electron chi connectivity index (χ0n) is 16.8. The number of aromatic amines is 1. The summed E-state index contributed by atoms with van der Waals surface area (Å²) < 4.78 is 0. The zero-order valence-corrected chi connectivity index (χ0v) is 16.8. The van der Waals surface area contributed by atoms with Crippen LogP contribution in [-0.2, 0) is 4.79 Å². The molecular weight excluding hydrogens is 336 g/mol. The van der Waals surface area contributed by atoms with E-state index >= 15 is 0 Å². The third-order valence-corrected chi connectivity index (χ3v) is 6.82. The molecule has 146 valence electrons. The smallest absolute Gasteiger partial charge is 0.223 e. The molecule has 5 nitrogen and oxygen atoms in total. The number of anilines is 1. The predicted molar refractivity (Wildman–Crippen MR) is 110 cm³/mol. The van der Waals surface area contributed by atoms with Gasteiger partial charge in [0.05, 0.1) is 11.0 Å². The molecule has 2 fully saturated rings. The number of benzene rings is 1. The highest BCUT2D eigenvalue weighted by Crippen LogP contribution is 2.30. The van der Waals surface area contributed by atoms with Gasteiger partial charge in [0.15, 0.2) is 0 Å². The number of carbonyl (C=O) groups is 1. The molecule has 2 aliphatic rings. The minimum Gasteiger partial charge on any atom is -0.353 e. The van der Waals surface area contributed by atoms with Gasteiger partial charge in [-0.05, 0) is 55.7 Å². The predicted octanol–water partition coefficient (Wildman–Crippen LogP) is 4.03. The van der Waals surface area contributed by atoms with E-state index < -0.39 is 0 Å². The minimum atomic E-state index is 0.136. The molecule has 2 N–H and O–H groups in total. The van der Waals surface area contributed by atoms with Crippen molar-refractivity contribution in [2.75, 3.05) is 18.0 Å². The molecule has 1 saturated heterocycles. The molecule has 3 atom stereocenters. The lowest BCUT2D eigenvalue weighted by Crippen LogP contribution is -2.48. The fourth-order valence-corrected chi connectivity index (χ4v) is 4.70. The van der Waals surface area contributed by atoms with Crippen LogP contribution in [0.5, 0.6) is 0 Å². The highest BCUT2D eigenvalue weighted by Gasteiger charge is 2.32. The van der Waals surface area contributed by atoms with E-state index in [0.29, 0.717) is 17.9 Å². The SMILES string of the molecule is Cc1ccc2nc(N3CCC(C(=O)N[C@@H]4CCC[C@H](C)[C@H]4C)CC3)[nH]c2c1. The van der Waals surface area contributed by atoms with Crippen molar-refractivity contribution in [3.8, 4) is 0 Å². The van der Waals surface area contributed by atoms with E-state index in [1.54, 1.807) is 0 Å². The lowest BCUT2D eigenvalue weighted by Gasteiger charge is -2.37. The number of aromatic nitrogens is 2. The number of piperidine rings is 1. The largest absolute Gasteiger partial charge is 0.353 e. The normalized spacial score (nSPS) is 27.1. The molecule has 1 aromatic heterocycles. The number of nitrogens with one attached hydrogen (secondary N) is 2. The lowest BCUT2D eigenvalue weighted by molar-refractivity contribution is -0.127. The number of hydrogen-bond acceptors (Lipinski definition) is 3. The van der Waals surface area contributed by atoms with Crippen molar-refractivity contribution in [2.24, 2.45) is 17.8 Å². The van der Waals surface area contributed by atoms with Crippen LogP contribution in [0.1, 0.15) is 51.5 Å². The molecule has 5 heteroatoms. The Balaban J connectivity index is 1.34. The number of fused-ring (bicyclic) bond motifs is 1. The number of imidazole rings is 1. The van der Waals surface area contributed by atoms with Crippen molar-refractivity contribution in [3.05, 3.63) is 23.8 Å². The van der Waals surface area contributed by atoms with Crippen molar-refractivity contribution < 1.29 is 4.79 Å². The first-order valence-corrected chi connectivity index (χ1v) is 10.5. The second-order valence-corrected chi connectivity index (χ2v) is 8.72. The van der Waals surface area contributed by atoms with Crippen molar-refractivity contribution in [1.29, 1.82) is 0 Å². The second kappa shape index (κ2) is 7.53. The Hall–Kier alpha value is -2.04. The van der Waals surface area contributed by atoms with E-state index in [1.165, 1.54) is 18.4 Å². The second-order valence-electron chi connectivity index (χ2n) is 8.72. The van der Waals surface area contributed by atoms with Gasteiger partial charge in [-0.3, -0.25) is 4.79 Å². The summed E-state index contributed by atoms with van der Waals surface area (Å²) in [6.45, 7) is 8.47. The van der Waals surface area contributed by atoms with Crippen LogP contribution in [0.15, 0.2) is 18.2 Å². The summed E-state index contributed by atoms with van der Waals surface area (Å²) in [5.41, 5.74) is 3.33. The van der Waals surface area contributed by atoms with Crippen LogP contribution in [0.25, 0.3) is 11.0 Å². The van der Waals surface area contributed by atoms with Gasteiger partial charge in [0.25, 0.3) is 0 Å². The maximum atomic E-state index is 12.8. The van der Waals surface area contributed by atoms with Crippen LogP contribution in [0, 0.1) is 24.7 Å². The quantitative estimate of drug-likeness (QED) is 0.860. The summed E-state index contributed by atoms with van der Waals surface area (Å²) in [5, 5.41) is 3.37. The molecule has 27 heavy (non-hydrogen) atoms. The summed E-state index contributed by atoms with van der Waals surface area (Å²) >= 11 is 0. The monoisotopic (exact) mass is 368 g/mol. The van der Waals surface area contributed by atoms with Crippen molar-refractivity contribution in [1.82, 2.24) is 15.3 Å². The van der Waals surface area contributed by atoms with E-state index in [9.17, 15) is 4.79 Å². The Kier molecular flexibility index (Phi) is 5.11. The van der Waals surface area contributed by atoms with Gasteiger partial charge in [-0.25, -0.2) is 4.98 Å². The van der Waals surface area contributed by atoms with E-state index in [0.717, 1.165) is 49.3 Å². The average Bonchev–Trinajstić information content (AvgIpc) is 3.08. The Bertz CT molecular complexity index is 806. The summed E-state index contributed by atoms with van der Waals surface area (Å²) in [5.74, 6) is 2.63. The number of H-pyrrole nitrogens is 1. The van der Waals surface area contributed by atoms with Crippen molar-refractivity contribution in [3.63, 3.8) is 0 Å². The van der Waals surface area contributed by atoms with Gasteiger partial charge < -0.3 is 15.2 Å². The van der Waals surface area contributed by atoms with Crippen LogP contribution >= 0.6 is 0 Å². The molecule has 1 amide bonds. The molecule has 2 heterocycles. The van der Waals surface area contributed by atoms with E-state index in [-0.39, 0.29) is 11.8 Å². The van der Waals surface area contributed by atoms with Gasteiger partial charge in [-0.15, -0.1) is 0 Å². The number of aryl methyl sites for hydroxylation is 1. The third kappa shape index (κ3) is 3.83. The van der Waals surface area contributed by atoms with Gasteiger partial charge in [0.2, 0.25) is 11.9 Å².